The van der Waals surface area contributed by atoms with Gasteiger partial charge in [-0.2, -0.15) is 5.10 Å². The molecule has 0 unspecified atom stereocenters. The molecule has 0 spiro atoms. The van der Waals surface area contributed by atoms with Crippen molar-refractivity contribution in [3.63, 3.8) is 0 Å². The van der Waals surface area contributed by atoms with E-state index in [2.05, 4.69) is 15.5 Å². The summed E-state index contributed by atoms with van der Waals surface area (Å²) < 4.78 is 48.0. The highest BCUT2D eigenvalue weighted by molar-refractivity contribution is 6.01. The fraction of sp³-hybridized carbons (Fsp3) is 0.423. The van der Waals surface area contributed by atoms with Gasteiger partial charge in [0.25, 0.3) is 5.92 Å². The number of alkyl halides is 2. The average molecular weight is 484 g/mol. The van der Waals surface area contributed by atoms with Crippen LogP contribution in [0.15, 0.2) is 35.1 Å². The molecule has 2 aromatic carbocycles. The minimum absolute atomic E-state index is 0.0655. The first-order valence-electron chi connectivity index (χ1n) is 11.8. The minimum Gasteiger partial charge on any atom is -0.361 e. The van der Waals surface area contributed by atoms with E-state index in [9.17, 15) is 13.6 Å². The third-order valence-electron chi connectivity index (χ3n) is 7.02. The number of hydrogen-bond donors (Lipinski definition) is 1. The number of fused-ring (bicyclic) bond motifs is 2. The van der Waals surface area contributed by atoms with E-state index in [4.69, 9.17) is 0 Å². The van der Waals surface area contributed by atoms with Gasteiger partial charge in [0.2, 0.25) is 0 Å². The molecule has 1 fully saturated rings. The Morgan fingerprint density at radius 1 is 1.09 bits per heavy atom. The fourth-order valence-electron chi connectivity index (χ4n) is 4.66. The zero-order chi connectivity index (χ0) is 25.2. The van der Waals surface area contributed by atoms with E-state index < -0.39 is 29.3 Å². The third kappa shape index (κ3) is 3.68. The Hall–Kier alpha value is -3.36. The maximum absolute atomic E-state index is 15.3. The lowest BCUT2D eigenvalue weighted by Crippen LogP contribution is -2.24. The lowest BCUT2D eigenvalue weighted by molar-refractivity contribution is -0.0545. The first kappa shape index (κ1) is 23.4. The molecular weight excluding hydrogens is 455 g/mol. The van der Waals surface area contributed by atoms with E-state index in [1.165, 1.54) is 26.0 Å². The molecule has 1 N–H and O–H groups in total. The van der Waals surface area contributed by atoms with Crippen molar-refractivity contribution in [1.29, 1.82) is 0 Å². The topological polar surface area (TPSA) is 64.7 Å². The first-order valence-corrected chi connectivity index (χ1v) is 11.8. The van der Waals surface area contributed by atoms with Crippen molar-refractivity contribution in [3.05, 3.63) is 63.5 Å². The lowest BCUT2D eigenvalue weighted by Gasteiger charge is -2.24. The van der Waals surface area contributed by atoms with Crippen LogP contribution in [0.3, 0.4) is 0 Å². The van der Waals surface area contributed by atoms with Crippen molar-refractivity contribution in [2.75, 3.05) is 5.32 Å². The third-order valence-corrected chi connectivity index (χ3v) is 7.02. The molecular formula is C26H28F3N5O. The van der Waals surface area contributed by atoms with Crippen LogP contribution in [0.4, 0.5) is 19.0 Å². The largest absolute Gasteiger partial charge is 0.361 e. The molecule has 35 heavy (non-hydrogen) atoms. The Bertz CT molecular complexity index is 1520. The second-order valence-corrected chi connectivity index (χ2v) is 9.82. The molecule has 4 aromatic rings. The van der Waals surface area contributed by atoms with Gasteiger partial charge in [0, 0.05) is 35.3 Å². The molecule has 6 nitrogen and oxygen atoms in total. The second kappa shape index (κ2) is 8.10. The van der Waals surface area contributed by atoms with Crippen LogP contribution in [0.25, 0.3) is 21.8 Å². The summed E-state index contributed by atoms with van der Waals surface area (Å²) in [5.74, 6) is -4.86. The van der Waals surface area contributed by atoms with Crippen LogP contribution in [-0.2, 0) is 13.0 Å². The van der Waals surface area contributed by atoms with Crippen molar-refractivity contribution in [2.45, 2.75) is 58.5 Å². The van der Waals surface area contributed by atoms with E-state index in [0.29, 0.717) is 11.5 Å². The van der Waals surface area contributed by atoms with Gasteiger partial charge in [0.1, 0.15) is 5.82 Å². The van der Waals surface area contributed by atoms with Crippen LogP contribution in [-0.4, -0.2) is 19.3 Å². The van der Waals surface area contributed by atoms with E-state index >= 15 is 4.39 Å². The maximum Gasteiger partial charge on any atom is 0.329 e. The number of imidazole rings is 1. The van der Waals surface area contributed by atoms with Crippen LogP contribution < -0.4 is 11.0 Å². The summed E-state index contributed by atoms with van der Waals surface area (Å²) in [5, 5.41) is 13.3. The Morgan fingerprint density at radius 2 is 1.77 bits per heavy atom. The molecule has 0 bridgehead atoms. The summed E-state index contributed by atoms with van der Waals surface area (Å²) in [6.45, 7) is 6.27. The highest BCUT2D eigenvalue weighted by Gasteiger charge is 2.39. The van der Waals surface area contributed by atoms with Gasteiger partial charge in [-0.05, 0) is 38.8 Å². The Labute approximate surface area is 200 Å². The van der Waals surface area contributed by atoms with Crippen LogP contribution >= 0.6 is 0 Å². The van der Waals surface area contributed by atoms with Crippen molar-refractivity contribution in [1.82, 2.24) is 19.3 Å². The molecule has 0 saturated heterocycles. The molecule has 0 aliphatic heterocycles. The molecule has 184 valence electrons. The number of aryl methyl sites for hydroxylation is 2. The normalized spacial score (nSPS) is 15.3. The zero-order valence-corrected chi connectivity index (χ0v) is 20.4. The molecule has 9 heteroatoms. The molecule has 2 aromatic heterocycles. The summed E-state index contributed by atoms with van der Waals surface area (Å²) in [5.41, 5.74) is 1.74. The van der Waals surface area contributed by atoms with Gasteiger partial charge < -0.3 is 5.32 Å². The molecule has 1 atom stereocenters. The van der Waals surface area contributed by atoms with E-state index in [0.717, 1.165) is 40.7 Å². The predicted molar refractivity (Wildman–Crippen MR) is 130 cm³/mol. The summed E-state index contributed by atoms with van der Waals surface area (Å²) >= 11 is 0. The van der Waals surface area contributed by atoms with Crippen molar-refractivity contribution in [3.8, 4) is 0 Å². The van der Waals surface area contributed by atoms with Crippen LogP contribution in [0.1, 0.15) is 62.5 Å². The lowest BCUT2D eigenvalue weighted by atomic mass is 9.94. The number of aromatic nitrogens is 4. The van der Waals surface area contributed by atoms with Gasteiger partial charge in [-0.3, -0.25) is 9.13 Å². The van der Waals surface area contributed by atoms with Crippen LogP contribution in [0.5, 0.6) is 0 Å². The number of halogens is 3. The van der Waals surface area contributed by atoms with Crippen molar-refractivity contribution in [2.24, 2.45) is 13.0 Å². The number of benzene rings is 2. The predicted octanol–water partition coefficient (Wildman–Crippen LogP) is 5.99. The molecule has 0 amide bonds. The number of rotatable bonds is 6. The monoisotopic (exact) mass is 483 g/mol. The smallest absolute Gasteiger partial charge is 0.329 e. The number of hydrogen-bond acceptors (Lipinski definition) is 4. The molecule has 2 heterocycles. The highest BCUT2D eigenvalue weighted by atomic mass is 19.3. The number of nitrogens with one attached hydrogen (secondary N) is 1. The van der Waals surface area contributed by atoms with E-state index in [1.54, 1.807) is 18.5 Å². The fourth-order valence-corrected chi connectivity index (χ4v) is 4.66. The maximum atomic E-state index is 15.3. The molecule has 1 aliphatic carbocycles. The number of nitrogens with zero attached hydrogens (tertiary/aromatic N) is 4. The average Bonchev–Trinajstić information content (AvgIpc) is 3.61. The second-order valence-electron chi connectivity index (χ2n) is 9.82. The Morgan fingerprint density at radius 3 is 2.43 bits per heavy atom. The van der Waals surface area contributed by atoms with Crippen LogP contribution in [0.2, 0.25) is 0 Å². The van der Waals surface area contributed by atoms with Gasteiger partial charge in [-0.15, -0.1) is 5.10 Å². The van der Waals surface area contributed by atoms with Gasteiger partial charge in [0.05, 0.1) is 28.3 Å². The summed E-state index contributed by atoms with van der Waals surface area (Å²) in [4.78, 5) is 12.9. The molecule has 1 saturated carbocycles. The van der Waals surface area contributed by atoms with Crippen molar-refractivity contribution >= 4 is 27.6 Å². The molecule has 1 aliphatic rings. The zero-order valence-electron chi connectivity index (χ0n) is 20.4. The first-order chi connectivity index (χ1) is 16.5. The minimum atomic E-state index is -3.29. The van der Waals surface area contributed by atoms with Gasteiger partial charge >= 0.3 is 5.69 Å². The molecule has 0 radical (unpaired) electrons. The SMILES string of the molecule is Cc1nnc(N[C@H](C)c2cccc(C(F)(F)C(C)C)c2F)c2cc3c(cc12)n(C)c(=O)n3C1CC1. The van der Waals surface area contributed by atoms with Crippen LogP contribution in [0, 0.1) is 18.7 Å². The van der Waals surface area contributed by atoms with Crippen molar-refractivity contribution < 1.29 is 13.2 Å². The van der Waals surface area contributed by atoms with Gasteiger partial charge in [-0.1, -0.05) is 32.0 Å². The summed E-state index contributed by atoms with van der Waals surface area (Å²) in [7, 11) is 1.75. The Balaban J connectivity index is 1.61. The van der Waals surface area contributed by atoms with E-state index in [1.807, 2.05) is 23.6 Å². The highest BCUT2D eigenvalue weighted by Crippen LogP contribution is 2.40. The quantitative estimate of drug-likeness (QED) is 0.366. The van der Waals surface area contributed by atoms with E-state index in [-0.39, 0.29) is 17.3 Å². The summed E-state index contributed by atoms with van der Waals surface area (Å²) in [6.07, 6.45) is 1.92. The van der Waals surface area contributed by atoms with Gasteiger partial charge in [0.15, 0.2) is 5.82 Å². The Kier molecular flexibility index (Phi) is 5.41. The van der Waals surface area contributed by atoms with Gasteiger partial charge in [-0.25, -0.2) is 18.0 Å². The number of anilines is 1. The standard InChI is InChI=1S/C26H28F3N5O/c1-13(2)26(28,29)20-8-6-7-17(23(20)27)14(3)30-24-19-12-22-21(11-18(19)15(4)31-32-24)33(5)25(35)34(22)16-9-10-16/h6-8,11-14,16H,9-10H2,1-5H3,(H,30,32)/t14-/m1/s1. The molecule has 5 rings (SSSR count). The summed E-state index contributed by atoms with van der Waals surface area (Å²) in [6, 6.07) is 7.45.